The Bertz CT molecular complexity index is 70.0. The lowest BCUT2D eigenvalue weighted by molar-refractivity contribution is 0.150. The summed E-state index contributed by atoms with van der Waals surface area (Å²) < 4.78 is 0. The van der Waals surface area contributed by atoms with E-state index in [2.05, 4.69) is 0 Å². The Kier molecular flexibility index (Phi) is 5.18. The number of nitrogens with two attached hydrogens (primary N) is 2. The molecule has 0 rings (SSSR count). The molecule has 56 valence electrons. The number of hydrogen-bond acceptors (Lipinski definition) is 4. The van der Waals surface area contributed by atoms with Crippen LogP contribution >= 0.6 is 11.8 Å². The molecule has 2 atom stereocenters. The molecule has 0 saturated carbocycles. The zero-order chi connectivity index (χ0) is 7.28. The van der Waals surface area contributed by atoms with Gasteiger partial charge in [-0.15, -0.1) is 0 Å². The Morgan fingerprint density at radius 2 is 2.11 bits per heavy atom. The van der Waals surface area contributed by atoms with Gasteiger partial charge in [0.25, 0.3) is 0 Å². The fourth-order valence-corrected chi connectivity index (χ4v) is 0.933. The van der Waals surface area contributed by atoms with E-state index in [9.17, 15) is 0 Å². The van der Waals surface area contributed by atoms with Gasteiger partial charge in [0.1, 0.15) is 6.23 Å². The van der Waals surface area contributed by atoms with E-state index in [1.54, 1.807) is 11.8 Å². The second-order valence-corrected chi connectivity index (χ2v) is 2.92. The SMILES string of the molecule is CSCCC(N)C(N)O. The van der Waals surface area contributed by atoms with Crippen LogP contribution in [0.25, 0.3) is 0 Å². The lowest BCUT2D eigenvalue weighted by atomic mass is 10.2. The van der Waals surface area contributed by atoms with E-state index in [1.807, 2.05) is 6.26 Å². The topological polar surface area (TPSA) is 72.3 Å². The van der Waals surface area contributed by atoms with Crippen LogP contribution in [0.5, 0.6) is 0 Å². The normalized spacial score (nSPS) is 17.3. The first kappa shape index (κ1) is 9.23. The molecule has 5 N–H and O–H groups in total. The molecule has 0 aliphatic rings. The number of hydrogen-bond donors (Lipinski definition) is 3. The molecule has 2 unspecified atom stereocenters. The van der Waals surface area contributed by atoms with Crippen molar-refractivity contribution in [3.63, 3.8) is 0 Å². The summed E-state index contributed by atoms with van der Waals surface area (Å²) in [6.07, 6.45) is 1.91. The largest absolute Gasteiger partial charge is 0.377 e. The number of rotatable bonds is 4. The lowest BCUT2D eigenvalue weighted by Gasteiger charge is -2.12. The molecule has 0 aliphatic heterocycles. The quantitative estimate of drug-likeness (QED) is 0.465. The molecule has 0 spiro atoms. The minimum Gasteiger partial charge on any atom is -0.377 e. The fourth-order valence-electron chi connectivity index (χ4n) is 0.425. The first-order chi connectivity index (χ1) is 4.18. The van der Waals surface area contributed by atoms with Crippen molar-refractivity contribution in [2.24, 2.45) is 11.5 Å². The molecule has 0 aromatic heterocycles. The summed E-state index contributed by atoms with van der Waals surface area (Å²) in [7, 11) is 0. The van der Waals surface area contributed by atoms with Gasteiger partial charge in [0, 0.05) is 6.04 Å². The Morgan fingerprint density at radius 1 is 1.56 bits per heavy atom. The third-order valence-electron chi connectivity index (χ3n) is 1.09. The van der Waals surface area contributed by atoms with E-state index in [0.717, 1.165) is 12.2 Å². The first-order valence-electron chi connectivity index (χ1n) is 2.86. The highest BCUT2D eigenvalue weighted by molar-refractivity contribution is 7.98. The second-order valence-electron chi connectivity index (χ2n) is 1.94. The molecule has 4 heteroatoms. The van der Waals surface area contributed by atoms with Crippen molar-refractivity contribution >= 4 is 11.8 Å². The Hall–Kier alpha value is 0.230. The van der Waals surface area contributed by atoms with Gasteiger partial charge in [0.05, 0.1) is 0 Å². The van der Waals surface area contributed by atoms with Crippen molar-refractivity contribution < 1.29 is 5.11 Å². The molecule has 0 fully saturated rings. The summed E-state index contributed by atoms with van der Waals surface area (Å²) in [6.45, 7) is 0. The van der Waals surface area contributed by atoms with E-state index in [-0.39, 0.29) is 6.04 Å². The average Bonchev–Trinajstić information content (AvgIpc) is 1.82. The Morgan fingerprint density at radius 3 is 2.44 bits per heavy atom. The zero-order valence-corrected chi connectivity index (χ0v) is 6.40. The van der Waals surface area contributed by atoms with Crippen molar-refractivity contribution in [1.82, 2.24) is 0 Å². The Labute approximate surface area is 59.8 Å². The molecule has 0 saturated heterocycles. The van der Waals surface area contributed by atoms with Crippen LogP contribution in [0.3, 0.4) is 0 Å². The molecule has 9 heavy (non-hydrogen) atoms. The van der Waals surface area contributed by atoms with Gasteiger partial charge in [-0.05, 0) is 18.4 Å². The lowest BCUT2D eigenvalue weighted by Crippen LogP contribution is -2.41. The van der Waals surface area contributed by atoms with Crippen LogP contribution < -0.4 is 11.5 Å². The van der Waals surface area contributed by atoms with Crippen LogP contribution in [0.2, 0.25) is 0 Å². The van der Waals surface area contributed by atoms with Crippen LogP contribution in [0.1, 0.15) is 6.42 Å². The molecular weight excluding hydrogens is 136 g/mol. The molecule has 0 bridgehead atoms. The number of aliphatic hydroxyl groups is 1. The molecule has 0 aliphatic carbocycles. The smallest absolute Gasteiger partial charge is 0.117 e. The van der Waals surface area contributed by atoms with Gasteiger partial charge in [-0.25, -0.2) is 0 Å². The van der Waals surface area contributed by atoms with E-state index in [1.165, 1.54) is 0 Å². The summed E-state index contributed by atoms with van der Waals surface area (Å²) in [4.78, 5) is 0. The maximum absolute atomic E-state index is 8.69. The van der Waals surface area contributed by atoms with Crippen molar-refractivity contribution in [2.75, 3.05) is 12.0 Å². The van der Waals surface area contributed by atoms with E-state index in [0.29, 0.717) is 0 Å². The molecule has 0 aromatic carbocycles. The van der Waals surface area contributed by atoms with E-state index in [4.69, 9.17) is 16.6 Å². The van der Waals surface area contributed by atoms with Crippen LogP contribution in [0, 0.1) is 0 Å². The summed E-state index contributed by atoms with van der Waals surface area (Å²) in [5, 5.41) is 8.69. The molecule has 3 nitrogen and oxygen atoms in total. The molecule has 0 aromatic rings. The van der Waals surface area contributed by atoms with Crippen LogP contribution in [0.15, 0.2) is 0 Å². The first-order valence-corrected chi connectivity index (χ1v) is 4.26. The molecule has 0 amide bonds. The molecule has 0 radical (unpaired) electrons. The average molecular weight is 150 g/mol. The highest BCUT2D eigenvalue weighted by Gasteiger charge is 2.07. The zero-order valence-electron chi connectivity index (χ0n) is 5.58. The summed E-state index contributed by atoms with van der Waals surface area (Å²) >= 11 is 1.70. The van der Waals surface area contributed by atoms with Gasteiger partial charge in [-0.2, -0.15) is 11.8 Å². The predicted molar refractivity (Wildman–Crippen MR) is 41.2 cm³/mol. The van der Waals surface area contributed by atoms with Gasteiger partial charge in [0.15, 0.2) is 0 Å². The monoisotopic (exact) mass is 150 g/mol. The molecular formula is C5H14N2OS. The summed E-state index contributed by atoms with van der Waals surface area (Å²) in [6, 6.07) is -0.266. The maximum Gasteiger partial charge on any atom is 0.117 e. The third kappa shape index (κ3) is 4.72. The minimum absolute atomic E-state index is 0.266. The Balaban J connectivity index is 3.16. The second kappa shape index (κ2) is 5.05. The highest BCUT2D eigenvalue weighted by Crippen LogP contribution is 1.98. The van der Waals surface area contributed by atoms with Gasteiger partial charge < -0.3 is 16.6 Å². The van der Waals surface area contributed by atoms with E-state index < -0.39 is 6.23 Å². The van der Waals surface area contributed by atoms with Gasteiger partial charge >= 0.3 is 0 Å². The van der Waals surface area contributed by atoms with Crippen molar-refractivity contribution in [3.8, 4) is 0 Å². The van der Waals surface area contributed by atoms with Crippen LogP contribution in [0.4, 0.5) is 0 Å². The van der Waals surface area contributed by atoms with Crippen LogP contribution in [-0.2, 0) is 0 Å². The van der Waals surface area contributed by atoms with E-state index >= 15 is 0 Å². The number of aliphatic hydroxyl groups excluding tert-OH is 1. The maximum atomic E-state index is 8.69. The van der Waals surface area contributed by atoms with Crippen molar-refractivity contribution in [2.45, 2.75) is 18.7 Å². The standard InChI is InChI=1S/C5H14N2OS/c1-9-3-2-4(6)5(7)8/h4-5,8H,2-3,6-7H2,1H3. The van der Waals surface area contributed by atoms with Gasteiger partial charge in [-0.3, -0.25) is 0 Å². The third-order valence-corrected chi connectivity index (χ3v) is 1.74. The summed E-state index contributed by atoms with van der Waals surface area (Å²) in [5.74, 6) is 0.954. The summed E-state index contributed by atoms with van der Waals surface area (Å²) in [5.41, 5.74) is 10.5. The van der Waals surface area contributed by atoms with Crippen molar-refractivity contribution in [1.29, 1.82) is 0 Å². The van der Waals surface area contributed by atoms with Crippen LogP contribution in [-0.4, -0.2) is 29.4 Å². The van der Waals surface area contributed by atoms with Gasteiger partial charge in [-0.1, -0.05) is 0 Å². The predicted octanol–water partition coefficient (Wildman–Crippen LogP) is -0.656. The minimum atomic E-state index is -0.864. The molecule has 0 heterocycles. The highest BCUT2D eigenvalue weighted by atomic mass is 32.2. The van der Waals surface area contributed by atoms with Gasteiger partial charge in [0.2, 0.25) is 0 Å². The van der Waals surface area contributed by atoms with Crippen molar-refractivity contribution in [3.05, 3.63) is 0 Å². The fraction of sp³-hybridized carbons (Fsp3) is 1.00. The number of thioether (sulfide) groups is 1.